The highest BCUT2D eigenvalue weighted by Crippen LogP contribution is 2.29. The van der Waals surface area contributed by atoms with Crippen LogP contribution in [0.5, 0.6) is 0 Å². The van der Waals surface area contributed by atoms with Crippen molar-refractivity contribution in [1.29, 1.82) is 0 Å². The third kappa shape index (κ3) is 3.09. The number of rotatable bonds is 3. The van der Waals surface area contributed by atoms with E-state index in [1.807, 2.05) is 30.3 Å². The molecule has 1 aromatic carbocycles. The monoisotopic (exact) mass is 316 g/mol. The Morgan fingerprint density at radius 3 is 2.77 bits per heavy atom. The van der Waals surface area contributed by atoms with Crippen LogP contribution in [0.3, 0.4) is 0 Å². The first-order valence-electron chi connectivity index (χ1n) is 7.00. The van der Waals surface area contributed by atoms with Crippen LogP contribution in [-0.2, 0) is 4.79 Å². The van der Waals surface area contributed by atoms with E-state index in [1.54, 1.807) is 11.1 Å². The summed E-state index contributed by atoms with van der Waals surface area (Å²) in [7, 11) is 0. The van der Waals surface area contributed by atoms with Gasteiger partial charge in [0.05, 0.1) is 10.8 Å². The molecule has 1 aromatic heterocycles. The van der Waals surface area contributed by atoms with Gasteiger partial charge in [-0.05, 0) is 12.0 Å². The SMILES string of the molecule is NC(=O)[C@H]1CCN(C(=O)Nc2ncc(-c3ccccc3)s2)C1. The fraction of sp³-hybridized carbons (Fsp3) is 0.267. The average Bonchev–Trinajstić information content (AvgIpc) is 3.17. The van der Waals surface area contributed by atoms with Crippen LogP contribution in [0.15, 0.2) is 36.5 Å². The number of hydrogen-bond acceptors (Lipinski definition) is 4. The molecule has 114 valence electrons. The second-order valence-electron chi connectivity index (χ2n) is 5.16. The number of nitrogens with zero attached hydrogens (tertiary/aromatic N) is 2. The van der Waals surface area contributed by atoms with Crippen LogP contribution in [0, 0.1) is 5.92 Å². The molecular formula is C15H16N4O2S. The molecule has 1 fully saturated rings. The van der Waals surface area contributed by atoms with Gasteiger partial charge >= 0.3 is 6.03 Å². The lowest BCUT2D eigenvalue weighted by Gasteiger charge is -2.15. The van der Waals surface area contributed by atoms with Gasteiger partial charge in [-0.1, -0.05) is 41.7 Å². The van der Waals surface area contributed by atoms with Crippen molar-refractivity contribution in [3.63, 3.8) is 0 Å². The van der Waals surface area contributed by atoms with Crippen LogP contribution in [0.25, 0.3) is 10.4 Å². The third-order valence-electron chi connectivity index (χ3n) is 3.66. The molecule has 22 heavy (non-hydrogen) atoms. The van der Waals surface area contributed by atoms with E-state index in [0.717, 1.165) is 10.4 Å². The summed E-state index contributed by atoms with van der Waals surface area (Å²) >= 11 is 1.42. The minimum absolute atomic E-state index is 0.238. The molecule has 0 spiro atoms. The van der Waals surface area contributed by atoms with Crippen molar-refractivity contribution in [2.75, 3.05) is 18.4 Å². The Labute approximate surface area is 132 Å². The summed E-state index contributed by atoms with van der Waals surface area (Å²) < 4.78 is 0. The number of nitrogens with one attached hydrogen (secondary N) is 1. The summed E-state index contributed by atoms with van der Waals surface area (Å²) in [6.45, 7) is 0.911. The van der Waals surface area contributed by atoms with Crippen LogP contribution in [0.4, 0.5) is 9.93 Å². The molecule has 0 aliphatic carbocycles. The summed E-state index contributed by atoms with van der Waals surface area (Å²) in [5.41, 5.74) is 6.34. The number of carbonyl (C=O) groups excluding carboxylic acids is 2. The second kappa shape index (κ2) is 6.15. The lowest BCUT2D eigenvalue weighted by molar-refractivity contribution is -0.121. The third-order valence-corrected chi connectivity index (χ3v) is 4.62. The van der Waals surface area contributed by atoms with Gasteiger partial charge in [-0.2, -0.15) is 0 Å². The summed E-state index contributed by atoms with van der Waals surface area (Å²) in [4.78, 5) is 30.1. The minimum Gasteiger partial charge on any atom is -0.369 e. The number of benzene rings is 1. The molecule has 0 bridgehead atoms. The van der Waals surface area contributed by atoms with Crippen molar-refractivity contribution in [2.45, 2.75) is 6.42 Å². The topological polar surface area (TPSA) is 88.3 Å². The van der Waals surface area contributed by atoms with Crippen LogP contribution >= 0.6 is 11.3 Å². The number of primary amides is 1. The van der Waals surface area contributed by atoms with Gasteiger partial charge in [-0.25, -0.2) is 9.78 Å². The number of hydrogen-bond donors (Lipinski definition) is 2. The van der Waals surface area contributed by atoms with Crippen LogP contribution in [0.2, 0.25) is 0 Å². The number of thiazole rings is 1. The first-order valence-corrected chi connectivity index (χ1v) is 7.81. The quantitative estimate of drug-likeness (QED) is 0.909. The largest absolute Gasteiger partial charge is 0.369 e. The number of aromatic nitrogens is 1. The molecule has 3 N–H and O–H groups in total. The molecule has 1 saturated heterocycles. The van der Waals surface area contributed by atoms with Gasteiger partial charge in [0, 0.05) is 19.3 Å². The number of nitrogens with two attached hydrogens (primary N) is 1. The first kappa shape index (κ1) is 14.5. The van der Waals surface area contributed by atoms with Gasteiger partial charge in [0.25, 0.3) is 0 Å². The van der Waals surface area contributed by atoms with Gasteiger partial charge in [0.1, 0.15) is 0 Å². The van der Waals surface area contributed by atoms with E-state index in [4.69, 9.17) is 5.73 Å². The van der Waals surface area contributed by atoms with Crippen molar-refractivity contribution in [1.82, 2.24) is 9.88 Å². The molecule has 3 amide bonds. The maximum atomic E-state index is 12.2. The Morgan fingerprint density at radius 2 is 2.09 bits per heavy atom. The van der Waals surface area contributed by atoms with E-state index >= 15 is 0 Å². The normalized spacial score (nSPS) is 17.5. The van der Waals surface area contributed by atoms with Crippen molar-refractivity contribution >= 4 is 28.4 Å². The summed E-state index contributed by atoms with van der Waals surface area (Å²) in [6.07, 6.45) is 2.36. The van der Waals surface area contributed by atoms with E-state index in [0.29, 0.717) is 24.6 Å². The highest BCUT2D eigenvalue weighted by molar-refractivity contribution is 7.19. The molecule has 0 saturated carbocycles. The second-order valence-corrected chi connectivity index (χ2v) is 6.19. The van der Waals surface area contributed by atoms with E-state index in [9.17, 15) is 9.59 Å². The predicted molar refractivity (Wildman–Crippen MR) is 85.4 cm³/mol. The average molecular weight is 316 g/mol. The number of urea groups is 1. The van der Waals surface area contributed by atoms with Crippen molar-refractivity contribution in [3.8, 4) is 10.4 Å². The molecule has 2 heterocycles. The number of likely N-dealkylation sites (tertiary alicyclic amines) is 1. The van der Waals surface area contributed by atoms with Crippen molar-refractivity contribution in [3.05, 3.63) is 36.5 Å². The lowest BCUT2D eigenvalue weighted by atomic mass is 10.1. The zero-order chi connectivity index (χ0) is 15.5. The Hall–Kier alpha value is -2.41. The minimum atomic E-state index is -0.351. The van der Waals surface area contributed by atoms with Gasteiger partial charge in [-0.3, -0.25) is 10.1 Å². The highest BCUT2D eigenvalue weighted by atomic mass is 32.1. The predicted octanol–water partition coefficient (Wildman–Crippen LogP) is 2.15. The molecule has 1 aliphatic rings. The van der Waals surface area contributed by atoms with E-state index in [-0.39, 0.29) is 17.9 Å². The first-order chi connectivity index (χ1) is 10.6. The van der Waals surface area contributed by atoms with Crippen molar-refractivity contribution < 1.29 is 9.59 Å². The molecule has 0 radical (unpaired) electrons. The lowest BCUT2D eigenvalue weighted by Crippen LogP contribution is -2.34. The summed E-state index contributed by atoms with van der Waals surface area (Å²) in [6, 6.07) is 9.63. The zero-order valence-electron chi connectivity index (χ0n) is 11.9. The Kier molecular flexibility index (Phi) is 4.06. The highest BCUT2D eigenvalue weighted by Gasteiger charge is 2.29. The van der Waals surface area contributed by atoms with Crippen molar-refractivity contribution in [2.24, 2.45) is 11.7 Å². The fourth-order valence-electron chi connectivity index (χ4n) is 2.42. The van der Waals surface area contributed by atoms with Gasteiger partial charge in [-0.15, -0.1) is 0 Å². The molecular weight excluding hydrogens is 300 g/mol. The Bertz CT molecular complexity index is 686. The molecule has 1 aliphatic heterocycles. The standard InChI is InChI=1S/C15H16N4O2S/c16-13(20)11-6-7-19(9-11)15(21)18-14-17-8-12(22-14)10-4-2-1-3-5-10/h1-5,8,11H,6-7,9H2,(H2,16,20)(H,17,18,21)/t11-/m0/s1. The zero-order valence-corrected chi connectivity index (χ0v) is 12.7. The van der Waals surface area contributed by atoms with Crippen LogP contribution < -0.4 is 11.1 Å². The van der Waals surface area contributed by atoms with Gasteiger partial charge < -0.3 is 10.6 Å². The smallest absolute Gasteiger partial charge is 0.323 e. The molecule has 6 nitrogen and oxygen atoms in total. The summed E-state index contributed by atoms with van der Waals surface area (Å²) in [5, 5.41) is 3.32. The maximum Gasteiger partial charge on any atom is 0.323 e. The van der Waals surface area contributed by atoms with Gasteiger partial charge in [0.15, 0.2) is 5.13 Å². The maximum absolute atomic E-state index is 12.2. The number of amides is 3. The van der Waals surface area contributed by atoms with Crippen LogP contribution in [0.1, 0.15) is 6.42 Å². The number of anilines is 1. The fourth-order valence-corrected chi connectivity index (χ4v) is 3.23. The summed E-state index contributed by atoms with van der Waals surface area (Å²) in [5.74, 6) is -0.599. The van der Waals surface area contributed by atoms with Gasteiger partial charge in [0.2, 0.25) is 5.91 Å². The van der Waals surface area contributed by atoms with Crippen LogP contribution in [-0.4, -0.2) is 34.9 Å². The molecule has 7 heteroatoms. The molecule has 0 unspecified atom stereocenters. The Morgan fingerprint density at radius 1 is 1.32 bits per heavy atom. The number of carbonyl (C=O) groups is 2. The van der Waals surface area contributed by atoms with E-state index < -0.39 is 0 Å². The molecule has 2 aromatic rings. The molecule has 1 atom stereocenters. The molecule has 3 rings (SSSR count). The Balaban J connectivity index is 1.63. The van der Waals surface area contributed by atoms with E-state index in [1.165, 1.54) is 11.3 Å². The van der Waals surface area contributed by atoms with E-state index in [2.05, 4.69) is 10.3 Å².